The summed E-state index contributed by atoms with van der Waals surface area (Å²) in [6.07, 6.45) is 25.0. The van der Waals surface area contributed by atoms with Crippen LogP contribution in [-0.4, -0.2) is 45.2 Å². The van der Waals surface area contributed by atoms with Gasteiger partial charge in [-0.1, -0.05) is 184 Å². The molecule has 13 aromatic rings. The monoisotopic (exact) mass is 1670 g/mol. The molecule has 7 aromatic carbocycles. The smallest absolute Gasteiger partial charge is 0.0798 e. The van der Waals surface area contributed by atoms with Gasteiger partial charge < -0.3 is 29.1 Å². The molecule has 0 amide bonds. The van der Waals surface area contributed by atoms with Crippen LogP contribution in [0.15, 0.2) is 225 Å². The minimum Gasteiger partial charge on any atom is -0.381 e. The van der Waals surface area contributed by atoms with E-state index in [1.807, 2.05) is 84.9 Å². The fourth-order valence-electron chi connectivity index (χ4n) is 16.8. The van der Waals surface area contributed by atoms with Gasteiger partial charge >= 0.3 is 0 Å². The van der Waals surface area contributed by atoms with Gasteiger partial charge in [0.2, 0.25) is 0 Å². The normalized spacial score (nSPS) is 18.0. The fraction of sp³-hybridized carbons (Fsp3) is 0.295. The van der Waals surface area contributed by atoms with E-state index in [1.165, 1.54) is 132 Å². The van der Waals surface area contributed by atoms with Gasteiger partial charge in [0.1, 0.15) is 0 Å². The first-order valence-corrected chi connectivity index (χ1v) is 42.5. The number of fused-ring (bicyclic) bond motifs is 6. The van der Waals surface area contributed by atoms with Crippen molar-refractivity contribution in [2.45, 2.75) is 130 Å². The molecule has 0 saturated heterocycles. The standard InChI is InChI=1S/C37H39N2Si.C29H35N2Si.2C11H8N.2Ir/c1-40(2,3)37-23-38-34(22-29(37)21-32-27-16-24-15-25(18-27)19-28(32)17-24)26-13-14-36-33(20-26)31-11-7-8-12-35(31)39(36)30-9-5-4-6-10-30;1-5-31-27-14-10-9-13-24(27)25-18-22(15-16-28(25)31)26-19-23(17-21-11-7-6-8-12-21)29(20-30-26)32(2,3)4;2*1-2-6-10(7-3-1)11-8-4-5-9-12-11;;/h4-12,14,20,22-25,27-28,32H,15-19,21H2,1-3H3;9-10,13-14,16,18-21H,5-8,11-12,17H2,1-4H3;2*1-6,8-9H;;/q4*-1;;. The van der Waals surface area contributed by atoms with Gasteiger partial charge in [-0.05, 0) is 179 Å². The van der Waals surface area contributed by atoms with Crippen molar-refractivity contribution in [2.75, 3.05) is 0 Å². The quantitative estimate of drug-likeness (QED) is 0.0903. The van der Waals surface area contributed by atoms with Crippen LogP contribution in [0.25, 0.3) is 94.3 Å². The van der Waals surface area contributed by atoms with Gasteiger partial charge in [-0.3, -0.25) is 0 Å². The Bertz CT molecular complexity index is 4590. The van der Waals surface area contributed by atoms with E-state index in [2.05, 4.69) is 217 Å². The van der Waals surface area contributed by atoms with E-state index in [0.717, 1.165) is 87.1 Å². The second kappa shape index (κ2) is 31.3. The van der Waals surface area contributed by atoms with E-state index in [-0.39, 0.29) is 40.2 Å². The van der Waals surface area contributed by atoms with Crippen molar-refractivity contribution in [1.82, 2.24) is 29.1 Å². The maximum Gasteiger partial charge on any atom is 0.0798 e. The molecule has 5 fully saturated rings. The Balaban J connectivity index is 0.000000139. The van der Waals surface area contributed by atoms with Crippen LogP contribution in [0.1, 0.15) is 82.3 Å². The molecule has 2 radical (unpaired) electrons. The zero-order valence-electron chi connectivity index (χ0n) is 57.9. The second-order valence-corrected chi connectivity index (χ2v) is 39.8. The minimum atomic E-state index is -1.52. The van der Waals surface area contributed by atoms with E-state index in [4.69, 9.17) is 9.97 Å². The Morgan fingerprint density at radius 2 is 0.898 bits per heavy atom. The van der Waals surface area contributed by atoms with Crippen LogP contribution in [0.2, 0.25) is 39.3 Å². The molecule has 0 unspecified atom stereocenters. The Morgan fingerprint density at radius 3 is 1.41 bits per heavy atom. The summed E-state index contributed by atoms with van der Waals surface area (Å²) >= 11 is 0. The van der Waals surface area contributed by atoms with Crippen molar-refractivity contribution in [2.24, 2.45) is 35.5 Å². The first-order chi connectivity index (χ1) is 46.8. The summed E-state index contributed by atoms with van der Waals surface area (Å²) in [5.41, 5.74) is 17.7. The molecule has 5 aliphatic rings. The molecular formula is C88H90Ir2N6Si2-4. The van der Waals surface area contributed by atoms with Crippen LogP contribution in [0.3, 0.4) is 0 Å². The van der Waals surface area contributed by atoms with E-state index in [9.17, 15) is 0 Å². The number of para-hydroxylation sites is 3. The zero-order valence-corrected chi connectivity index (χ0v) is 64.7. The first kappa shape index (κ1) is 70.3. The van der Waals surface area contributed by atoms with Crippen molar-refractivity contribution in [3.63, 3.8) is 0 Å². The maximum absolute atomic E-state index is 5.11. The second-order valence-electron chi connectivity index (χ2n) is 29.7. The van der Waals surface area contributed by atoms with Crippen molar-refractivity contribution >= 4 is 70.1 Å². The van der Waals surface area contributed by atoms with Gasteiger partial charge in [0.25, 0.3) is 0 Å². The van der Waals surface area contributed by atoms with E-state index < -0.39 is 16.1 Å². The summed E-state index contributed by atoms with van der Waals surface area (Å²) in [5.74, 6) is 5.67. The summed E-state index contributed by atoms with van der Waals surface area (Å²) in [6, 6.07) is 82.9. The molecular weight excluding hydrogens is 1580 g/mol. The molecule has 6 nitrogen and oxygen atoms in total. The summed E-state index contributed by atoms with van der Waals surface area (Å²) in [7, 11) is -2.96. The summed E-state index contributed by atoms with van der Waals surface area (Å²) in [4.78, 5) is 18.5. The molecule has 502 valence electrons. The Labute approximate surface area is 611 Å². The molecule has 98 heavy (non-hydrogen) atoms. The van der Waals surface area contributed by atoms with Gasteiger partial charge in [0.15, 0.2) is 0 Å². The van der Waals surface area contributed by atoms with Crippen molar-refractivity contribution in [1.29, 1.82) is 0 Å². The van der Waals surface area contributed by atoms with Crippen molar-refractivity contribution < 1.29 is 40.2 Å². The number of nitrogens with zero attached hydrogens (tertiary/aromatic N) is 6. The summed E-state index contributed by atoms with van der Waals surface area (Å²) in [6.45, 7) is 18.0. The third kappa shape index (κ3) is 15.6. The average Bonchev–Trinajstić information content (AvgIpc) is 1.28. The molecule has 0 aliphatic heterocycles. The molecule has 6 aromatic heterocycles. The van der Waals surface area contributed by atoms with Crippen molar-refractivity contribution in [3.05, 3.63) is 260 Å². The van der Waals surface area contributed by atoms with Crippen LogP contribution >= 0.6 is 0 Å². The van der Waals surface area contributed by atoms with E-state index in [0.29, 0.717) is 0 Å². The molecule has 5 saturated carbocycles. The molecule has 0 atom stereocenters. The zero-order chi connectivity index (χ0) is 65.8. The number of benzene rings is 7. The van der Waals surface area contributed by atoms with Gasteiger partial charge in [-0.2, -0.15) is 0 Å². The first-order valence-electron chi connectivity index (χ1n) is 35.5. The molecule has 10 heteroatoms. The molecule has 18 rings (SSSR count). The maximum atomic E-state index is 5.11. The van der Waals surface area contributed by atoms with E-state index in [1.54, 1.807) is 28.7 Å². The third-order valence-electron chi connectivity index (χ3n) is 21.2. The molecule has 0 N–H and O–H groups in total. The van der Waals surface area contributed by atoms with Crippen LogP contribution in [0.4, 0.5) is 0 Å². The van der Waals surface area contributed by atoms with Crippen molar-refractivity contribution in [3.8, 4) is 50.7 Å². The number of pyridine rings is 4. The number of aryl methyl sites for hydroxylation is 1. The number of aromatic nitrogens is 6. The van der Waals surface area contributed by atoms with Gasteiger partial charge in [-0.25, -0.2) is 0 Å². The third-order valence-corrected chi connectivity index (χ3v) is 25.3. The van der Waals surface area contributed by atoms with Crippen LogP contribution in [0, 0.1) is 59.8 Å². The predicted octanol–water partition coefficient (Wildman–Crippen LogP) is 21.2. The Hall–Kier alpha value is -7.53. The van der Waals surface area contributed by atoms with Crippen LogP contribution in [0.5, 0.6) is 0 Å². The molecule has 4 bridgehead atoms. The molecule has 5 aliphatic carbocycles. The molecule has 0 spiro atoms. The number of hydrogen-bond acceptors (Lipinski definition) is 4. The number of hydrogen-bond donors (Lipinski definition) is 0. The summed E-state index contributed by atoms with van der Waals surface area (Å²) in [5, 5.41) is 8.28. The average molecular weight is 1670 g/mol. The fourth-order valence-corrected chi connectivity index (χ4v) is 20.0. The van der Waals surface area contributed by atoms with E-state index >= 15 is 0 Å². The van der Waals surface area contributed by atoms with Crippen LogP contribution in [-0.2, 0) is 59.6 Å². The van der Waals surface area contributed by atoms with Gasteiger partial charge in [0.05, 0.1) is 16.1 Å². The Morgan fingerprint density at radius 1 is 0.418 bits per heavy atom. The topological polar surface area (TPSA) is 61.4 Å². The minimum absolute atomic E-state index is 0. The predicted molar refractivity (Wildman–Crippen MR) is 408 cm³/mol. The van der Waals surface area contributed by atoms with Crippen LogP contribution < -0.4 is 10.4 Å². The largest absolute Gasteiger partial charge is 0.381 e. The molecule has 6 heterocycles. The summed E-state index contributed by atoms with van der Waals surface area (Å²) < 4.78 is 4.76. The van der Waals surface area contributed by atoms with Gasteiger partial charge in [-0.15, -0.1) is 119 Å². The number of rotatable bonds is 12. The Kier molecular flexibility index (Phi) is 22.5. The SMILES string of the molecule is CCn1c2c[c-]c(-c3cc(CC4CCCCC4)c([Si](C)(C)C)cn3)cc2c2ccccc21.C[Si](C)(C)c1cnc(-c2[c-]cc3c(c2)c2ccccc2n3-c2ccccc2)cc1CC1C2CC3CC(C2)CC1C3.[Ir].[Ir].[c-]1ccccc1-c1ccccn1.[c-]1ccccc1-c1ccccn1. The van der Waals surface area contributed by atoms with Gasteiger partial charge in [0, 0.05) is 88.3 Å².